The first-order chi connectivity index (χ1) is 8.11. The van der Waals surface area contributed by atoms with E-state index in [9.17, 15) is 9.90 Å². The SMILES string of the molecule is Cc1cc(C=O)ccc1N1CCC(C)C(O)C1. The molecular weight excluding hydrogens is 214 g/mol. The molecule has 3 heteroatoms. The van der Waals surface area contributed by atoms with Crippen LogP contribution in [-0.4, -0.2) is 30.6 Å². The van der Waals surface area contributed by atoms with Crippen LogP contribution in [0.2, 0.25) is 0 Å². The van der Waals surface area contributed by atoms with Gasteiger partial charge in [0.1, 0.15) is 6.29 Å². The van der Waals surface area contributed by atoms with Crippen LogP contribution >= 0.6 is 0 Å². The lowest BCUT2D eigenvalue weighted by Crippen LogP contribution is -2.43. The number of nitrogens with zero attached hydrogens (tertiary/aromatic N) is 1. The van der Waals surface area contributed by atoms with E-state index in [0.717, 1.165) is 30.5 Å². The maximum absolute atomic E-state index is 10.7. The van der Waals surface area contributed by atoms with Crippen LogP contribution in [0, 0.1) is 12.8 Å². The molecule has 3 nitrogen and oxygen atoms in total. The van der Waals surface area contributed by atoms with Crippen LogP contribution in [0.1, 0.15) is 29.3 Å². The van der Waals surface area contributed by atoms with Crippen LogP contribution in [0.25, 0.3) is 0 Å². The number of carbonyl (C=O) groups is 1. The van der Waals surface area contributed by atoms with Crippen LogP contribution < -0.4 is 4.90 Å². The first-order valence-corrected chi connectivity index (χ1v) is 6.10. The Bertz CT molecular complexity index is 417. The summed E-state index contributed by atoms with van der Waals surface area (Å²) in [4.78, 5) is 12.9. The van der Waals surface area contributed by atoms with Gasteiger partial charge in [0.05, 0.1) is 6.10 Å². The molecule has 0 aromatic heterocycles. The molecule has 92 valence electrons. The highest BCUT2D eigenvalue weighted by molar-refractivity contribution is 5.77. The molecule has 1 aromatic carbocycles. The van der Waals surface area contributed by atoms with Gasteiger partial charge in [-0.05, 0) is 43.0 Å². The van der Waals surface area contributed by atoms with Crippen molar-refractivity contribution in [3.8, 4) is 0 Å². The zero-order valence-corrected chi connectivity index (χ0v) is 10.4. The Labute approximate surface area is 102 Å². The van der Waals surface area contributed by atoms with Crippen LogP contribution in [-0.2, 0) is 0 Å². The molecule has 0 aliphatic carbocycles. The molecule has 0 saturated carbocycles. The van der Waals surface area contributed by atoms with Crippen molar-refractivity contribution in [1.29, 1.82) is 0 Å². The topological polar surface area (TPSA) is 40.5 Å². The zero-order chi connectivity index (χ0) is 12.4. The number of piperidine rings is 1. The summed E-state index contributed by atoms with van der Waals surface area (Å²) in [5.74, 6) is 0.376. The first kappa shape index (κ1) is 12.1. The van der Waals surface area contributed by atoms with Crippen LogP contribution in [0.3, 0.4) is 0 Å². The van der Waals surface area contributed by atoms with Crippen molar-refractivity contribution in [1.82, 2.24) is 0 Å². The van der Waals surface area contributed by atoms with Crippen LogP contribution in [0.4, 0.5) is 5.69 Å². The van der Waals surface area contributed by atoms with Gasteiger partial charge in [0.2, 0.25) is 0 Å². The van der Waals surface area contributed by atoms with Crippen molar-refractivity contribution >= 4 is 12.0 Å². The fourth-order valence-corrected chi connectivity index (χ4v) is 2.37. The van der Waals surface area contributed by atoms with Gasteiger partial charge in [-0.1, -0.05) is 6.92 Å². The predicted molar refractivity (Wildman–Crippen MR) is 68.6 cm³/mol. The maximum atomic E-state index is 10.7. The van der Waals surface area contributed by atoms with E-state index < -0.39 is 0 Å². The number of aliphatic hydroxyl groups is 1. The number of rotatable bonds is 2. The molecule has 0 bridgehead atoms. The Morgan fingerprint density at radius 1 is 1.47 bits per heavy atom. The minimum absolute atomic E-state index is 0.256. The highest BCUT2D eigenvalue weighted by Gasteiger charge is 2.24. The predicted octanol–water partition coefficient (Wildman–Crippen LogP) is 2.01. The third-order valence-corrected chi connectivity index (χ3v) is 3.62. The Balaban J connectivity index is 2.20. The molecule has 0 amide bonds. The molecule has 1 aliphatic rings. The summed E-state index contributed by atoms with van der Waals surface area (Å²) in [7, 11) is 0. The number of carbonyl (C=O) groups excluding carboxylic acids is 1. The van der Waals surface area contributed by atoms with Crippen molar-refractivity contribution in [3.63, 3.8) is 0 Å². The molecule has 17 heavy (non-hydrogen) atoms. The highest BCUT2D eigenvalue weighted by Crippen LogP contribution is 2.26. The number of β-amino-alcohol motifs (C(OH)–C–C–N with tert-alkyl or cyclic N) is 1. The summed E-state index contributed by atoms with van der Waals surface area (Å²) in [5.41, 5.74) is 2.93. The van der Waals surface area contributed by atoms with Crippen LogP contribution in [0.15, 0.2) is 18.2 Å². The Kier molecular flexibility index (Phi) is 3.48. The molecule has 0 spiro atoms. The summed E-state index contributed by atoms with van der Waals surface area (Å²) < 4.78 is 0. The van der Waals surface area contributed by atoms with Crippen molar-refractivity contribution in [2.75, 3.05) is 18.0 Å². The number of hydrogen-bond acceptors (Lipinski definition) is 3. The summed E-state index contributed by atoms with van der Waals surface area (Å²) in [6.45, 7) is 5.75. The van der Waals surface area contributed by atoms with Crippen molar-refractivity contribution in [2.24, 2.45) is 5.92 Å². The second-order valence-electron chi connectivity index (χ2n) is 4.94. The number of hydrogen-bond donors (Lipinski definition) is 1. The second-order valence-corrected chi connectivity index (χ2v) is 4.94. The van der Waals surface area contributed by atoms with Crippen molar-refractivity contribution in [2.45, 2.75) is 26.4 Å². The molecule has 2 unspecified atom stereocenters. The number of aliphatic hydroxyl groups excluding tert-OH is 1. The van der Waals surface area contributed by atoms with Crippen molar-refractivity contribution < 1.29 is 9.90 Å². The smallest absolute Gasteiger partial charge is 0.150 e. The minimum Gasteiger partial charge on any atom is -0.391 e. The third kappa shape index (κ3) is 2.50. The van der Waals surface area contributed by atoms with Crippen molar-refractivity contribution in [3.05, 3.63) is 29.3 Å². The molecule has 1 fully saturated rings. The normalized spacial score (nSPS) is 24.8. The van der Waals surface area contributed by atoms with E-state index in [4.69, 9.17) is 0 Å². The molecular formula is C14H19NO2. The fourth-order valence-electron chi connectivity index (χ4n) is 2.37. The van der Waals surface area contributed by atoms with Gasteiger partial charge in [0, 0.05) is 24.3 Å². The second kappa shape index (κ2) is 4.88. The van der Waals surface area contributed by atoms with Gasteiger partial charge >= 0.3 is 0 Å². The Morgan fingerprint density at radius 2 is 2.24 bits per heavy atom. The standard InChI is InChI=1S/C14H19NO2/c1-10-5-6-15(8-14(10)17)13-4-3-12(9-16)7-11(13)2/h3-4,7,9-10,14,17H,5-6,8H2,1-2H3. The number of aldehydes is 1. The molecule has 2 rings (SSSR count). The van der Waals surface area contributed by atoms with E-state index in [0.29, 0.717) is 18.0 Å². The van der Waals surface area contributed by atoms with E-state index in [1.165, 1.54) is 0 Å². The fraction of sp³-hybridized carbons (Fsp3) is 0.500. The molecule has 1 saturated heterocycles. The molecule has 1 N–H and O–H groups in total. The van der Waals surface area contributed by atoms with E-state index >= 15 is 0 Å². The Hall–Kier alpha value is -1.35. The van der Waals surface area contributed by atoms with E-state index in [-0.39, 0.29) is 6.10 Å². The average molecular weight is 233 g/mol. The Morgan fingerprint density at radius 3 is 2.82 bits per heavy atom. The van der Waals surface area contributed by atoms with E-state index in [1.807, 2.05) is 25.1 Å². The monoisotopic (exact) mass is 233 g/mol. The van der Waals surface area contributed by atoms with Gasteiger partial charge in [0.25, 0.3) is 0 Å². The minimum atomic E-state index is -0.256. The third-order valence-electron chi connectivity index (χ3n) is 3.62. The maximum Gasteiger partial charge on any atom is 0.150 e. The number of anilines is 1. The molecule has 1 heterocycles. The lowest BCUT2D eigenvalue weighted by atomic mass is 9.95. The lowest BCUT2D eigenvalue weighted by Gasteiger charge is -2.36. The number of benzene rings is 1. The van der Waals surface area contributed by atoms with Gasteiger partial charge in [-0.25, -0.2) is 0 Å². The zero-order valence-electron chi connectivity index (χ0n) is 10.4. The van der Waals surface area contributed by atoms with Gasteiger partial charge < -0.3 is 10.0 Å². The summed E-state index contributed by atoms with van der Waals surface area (Å²) in [6.07, 6.45) is 1.62. The van der Waals surface area contributed by atoms with Crippen LogP contribution in [0.5, 0.6) is 0 Å². The van der Waals surface area contributed by atoms with Gasteiger partial charge in [-0.2, -0.15) is 0 Å². The summed E-state index contributed by atoms with van der Waals surface area (Å²) >= 11 is 0. The van der Waals surface area contributed by atoms with E-state index in [2.05, 4.69) is 11.8 Å². The van der Waals surface area contributed by atoms with Gasteiger partial charge in [-0.15, -0.1) is 0 Å². The molecule has 2 atom stereocenters. The van der Waals surface area contributed by atoms with Gasteiger partial charge in [0.15, 0.2) is 0 Å². The summed E-state index contributed by atoms with van der Waals surface area (Å²) in [6, 6.07) is 5.70. The summed E-state index contributed by atoms with van der Waals surface area (Å²) in [5, 5.41) is 9.90. The lowest BCUT2D eigenvalue weighted by molar-refractivity contribution is 0.103. The first-order valence-electron chi connectivity index (χ1n) is 6.10. The number of aryl methyl sites for hydroxylation is 1. The van der Waals surface area contributed by atoms with Gasteiger partial charge in [-0.3, -0.25) is 4.79 Å². The van der Waals surface area contributed by atoms with E-state index in [1.54, 1.807) is 0 Å². The largest absolute Gasteiger partial charge is 0.391 e. The average Bonchev–Trinajstić information content (AvgIpc) is 2.32. The molecule has 1 aliphatic heterocycles. The molecule has 1 aromatic rings. The quantitative estimate of drug-likeness (QED) is 0.794. The highest BCUT2D eigenvalue weighted by atomic mass is 16.3. The molecule has 0 radical (unpaired) electrons.